The van der Waals surface area contributed by atoms with Crippen molar-refractivity contribution in [3.63, 3.8) is 0 Å². The lowest BCUT2D eigenvalue weighted by Crippen LogP contribution is -2.25. The van der Waals surface area contributed by atoms with Crippen LogP contribution in [0.2, 0.25) is 0 Å². The van der Waals surface area contributed by atoms with Crippen molar-refractivity contribution < 1.29 is 9.53 Å². The molecule has 0 radical (unpaired) electrons. The summed E-state index contributed by atoms with van der Waals surface area (Å²) in [5.74, 6) is 0.0512. The number of anilines is 1. The number of nitrogens with zero attached hydrogens (tertiary/aromatic N) is 2. The fourth-order valence-corrected chi connectivity index (χ4v) is 3.47. The molecule has 134 valence electrons. The molecule has 3 rings (SSSR count). The van der Waals surface area contributed by atoms with E-state index < -0.39 is 0 Å². The predicted octanol–water partition coefficient (Wildman–Crippen LogP) is 2.10. The van der Waals surface area contributed by atoms with Gasteiger partial charge in [-0.05, 0) is 49.9 Å². The number of aryl methyl sites for hydroxylation is 2. The minimum Gasteiger partial charge on any atom is -0.376 e. The van der Waals surface area contributed by atoms with E-state index in [0.717, 1.165) is 30.7 Å². The number of carbonyl (C=O) groups excluding carboxylic acids is 1. The maximum atomic E-state index is 12.2. The van der Waals surface area contributed by atoms with Crippen LogP contribution in [-0.4, -0.2) is 39.1 Å². The number of thioether (sulfide) groups is 1. The highest BCUT2D eigenvalue weighted by atomic mass is 32.2. The largest absolute Gasteiger partial charge is 0.376 e. The molecule has 8 heteroatoms. The molecule has 0 spiro atoms. The molecule has 1 saturated heterocycles. The van der Waals surface area contributed by atoms with E-state index in [-0.39, 0.29) is 23.5 Å². The summed E-state index contributed by atoms with van der Waals surface area (Å²) in [6, 6.07) is 5.80. The second kappa shape index (κ2) is 7.88. The van der Waals surface area contributed by atoms with E-state index in [0.29, 0.717) is 11.7 Å². The number of benzene rings is 1. The highest BCUT2D eigenvalue weighted by molar-refractivity contribution is 7.99. The highest BCUT2D eigenvalue weighted by Gasteiger charge is 2.20. The quantitative estimate of drug-likeness (QED) is 0.768. The molecular weight excluding hydrogens is 340 g/mol. The molecule has 0 aliphatic carbocycles. The van der Waals surface area contributed by atoms with E-state index in [2.05, 4.69) is 15.5 Å². The van der Waals surface area contributed by atoms with Crippen molar-refractivity contribution in [2.24, 2.45) is 0 Å². The zero-order valence-corrected chi connectivity index (χ0v) is 15.2. The van der Waals surface area contributed by atoms with Crippen LogP contribution in [0.3, 0.4) is 0 Å². The fraction of sp³-hybridized carbons (Fsp3) is 0.471. The summed E-state index contributed by atoms with van der Waals surface area (Å²) in [6.45, 7) is 5.24. The second-order valence-corrected chi connectivity index (χ2v) is 7.14. The third kappa shape index (κ3) is 4.52. The van der Waals surface area contributed by atoms with Gasteiger partial charge >= 0.3 is 5.69 Å². The molecule has 1 aromatic heterocycles. The van der Waals surface area contributed by atoms with E-state index in [1.807, 2.05) is 32.0 Å². The Kier molecular flexibility index (Phi) is 5.60. The maximum absolute atomic E-state index is 12.2. The van der Waals surface area contributed by atoms with Crippen LogP contribution < -0.4 is 11.0 Å². The van der Waals surface area contributed by atoms with Crippen molar-refractivity contribution in [1.82, 2.24) is 14.8 Å². The zero-order valence-electron chi connectivity index (χ0n) is 14.4. The molecule has 1 aliphatic heterocycles. The van der Waals surface area contributed by atoms with Gasteiger partial charge < -0.3 is 10.1 Å². The van der Waals surface area contributed by atoms with Crippen molar-refractivity contribution in [3.05, 3.63) is 39.8 Å². The topological polar surface area (TPSA) is 89.0 Å². The number of aromatic amines is 1. The number of hydrogen-bond acceptors (Lipinski definition) is 5. The number of amides is 1. The number of ether oxygens (including phenoxy) is 1. The molecule has 1 amide bonds. The molecule has 25 heavy (non-hydrogen) atoms. The molecular formula is C17H22N4O3S. The normalized spacial score (nSPS) is 17.0. The van der Waals surface area contributed by atoms with Gasteiger partial charge in [0.15, 0.2) is 5.16 Å². The smallest absolute Gasteiger partial charge is 0.344 e. The van der Waals surface area contributed by atoms with Crippen LogP contribution in [0.1, 0.15) is 24.0 Å². The summed E-state index contributed by atoms with van der Waals surface area (Å²) in [7, 11) is 0. The fourth-order valence-electron chi connectivity index (χ4n) is 2.71. The Morgan fingerprint density at radius 3 is 3.00 bits per heavy atom. The van der Waals surface area contributed by atoms with E-state index in [9.17, 15) is 9.59 Å². The molecule has 2 heterocycles. The molecule has 1 aromatic carbocycles. The molecule has 2 N–H and O–H groups in total. The first-order valence-electron chi connectivity index (χ1n) is 8.29. The van der Waals surface area contributed by atoms with Gasteiger partial charge in [0.05, 0.1) is 18.4 Å². The molecule has 0 unspecified atom stereocenters. The summed E-state index contributed by atoms with van der Waals surface area (Å²) >= 11 is 1.24. The van der Waals surface area contributed by atoms with Gasteiger partial charge in [0, 0.05) is 12.3 Å². The Balaban J connectivity index is 1.58. The zero-order chi connectivity index (χ0) is 17.8. The van der Waals surface area contributed by atoms with Crippen molar-refractivity contribution in [1.29, 1.82) is 0 Å². The number of aromatic nitrogens is 3. The van der Waals surface area contributed by atoms with E-state index in [4.69, 9.17) is 4.74 Å². The predicted molar refractivity (Wildman–Crippen MR) is 97.1 cm³/mol. The van der Waals surface area contributed by atoms with Crippen LogP contribution in [-0.2, 0) is 16.1 Å². The first-order valence-corrected chi connectivity index (χ1v) is 9.28. The maximum Gasteiger partial charge on any atom is 0.344 e. The second-order valence-electron chi connectivity index (χ2n) is 6.19. The number of hydrogen-bond donors (Lipinski definition) is 2. The minimum atomic E-state index is -0.271. The Hall–Kier alpha value is -2.06. The average Bonchev–Trinajstić information content (AvgIpc) is 3.21. The van der Waals surface area contributed by atoms with Gasteiger partial charge in [-0.3, -0.25) is 9.36 Å². The van der Waals surface area contributed by atoms with E-state index >= 15 is 0 Å². The van der Waals surface area contributed by atoms with Crippen LogP contribution in [0.25, 0.3) is 0 Å². The van der Waals surface area contributed by atoms with Gasteiger partial charge in [-0.15, -0.1) is 5.10 Å². The summed E-state index contributed by atoms with van der Waals surface area (Å²) in [5.41, 5.74) is 2.81. The van der Waals surface area contributed by atoms with E-state index in [1.54, 1.807) is 4.57 Å². The first kappa shape index (κ1) is 17.8. The molecule has 0 saturated carbocycles. The number of carbonyl (C=O) groups is 1. The van der Waals surface area contributed by atoms with Gasteiger partial charge in [0.25, 0.3) is 0 Å². The van der Waals surface area contributed by atoms with Crippen molar-refractivity contribution in [3.8, 4) is 0 Å². The molecule has 1 aliphatic rings. The van der Waals surface area contributed by atoms with Gasteiger partial charge in [-0.2, -0.15) is 0 Å². The van der Waals surface area contributed by atoms with Crippen LogP contribution in [0.4, 0.5) is 5.69 Å². The highest BCUT2D eigenvalue weighted by Crippen LogP contribution is 2.19. The molecule has 7 nitrogen and oxygen atoms in total. The Bertz CT molecular complexity index is 808. The van der Waals surface area contributed by atoms with Crippen molar-refractivity contribution in [2.75, 3.05) is 17.7 Å². The lowest BCUT2D eigenvalue weighted by molar-refractivity contribution is -0.113. The van der Waals surface area contributed by atoms with Crippen LogP contribution in [0.5, 0.6) is 0 Å². The van der Waals surface area contributed by atoms with Crippen molar-refractivity contribution >= 4 is 23.4 Å². The first-order chi connectivity index (χ1) is 12.0. The third-order valence-corrected chi connectivity index (χ3v) is 5.23. The van der Waals surface area contributed by atoms with E-state index in [1.165, 1.54) is 17.3 Å². The Labute approximate surface area is 150 Å². The van der Waals surface area contributed by atoms with Gasteiger partial charge in [-0.25, -0.2) is 9.89 Å². The summed E-state index contributed by atoms with van der Waals surface area (Å²) in [6.07, 6.45) is 1.99. The Morgan fingerprint density at radius 1 is 1.44 bits per heavy atom. The summed E-state index contributed by atoms with van der Waals surface area (Å²) in [4.78, 5) is 24.1. The van der Waals surface area contributed by atoms with Gasteiger partial charge in [-0.1, -0.05) is 17.8 Å². The number of H-pyrrole nitrogens is 1. The summed E-state index contributed by atoms with van der Waals surface area (Å²) in [5, 5.41) is 9.84. The third-order valence-electron chi connectivity index (χ3n) is 4.26. The minimum absolute atomic E-state index is 0.0408. The Morgan fingerprint density at radius 2 is 2.28 bits per heavy atom. The van der Waals surface area contributed by atoms with Crippen molar-refractivity contribution in [2.45, 2.75) is 44.5 Å². The monoisotopic (exact) mass is 362 g/mol. The molecule has 0 bridgehead atoms. The van der Waals surface area contributed by atoms with Crippen LogP contribution in [0, 0.1) is 13.8 Å². The summed E-state index contributed by atoms with van der Waals surface area (Å²) < 4.78 is 7.12. The van der Waals surface area contributed by atoms with Crippen LogP contribution in [0.15, 0.2) is 28.2 Å². The average molecular weight is 362 g/mol. The number of rotatable bonds is 6. The molecule has 1 fully saturated rings. The van der Waals surface area contributed by atoms with Gasteiger partial charge in [0.2, 0.25) is 5.91 Å². The van der Waals surface area contributed by atoms with Crippen LogP contribution >= 0.6 is 11.8 Å². The number of nitrogens with one attached hydrogen (secondary N) is 2. The SMILES string of the molecule is Cc1ccc(NC(=O)CSc2n[nH]c(=O)n2C[C@H]2CCCO2)cc1C. The molecule has 2 aromatic rings. The lowest BCUT2D eigenvalue weighted by Gasteiger charge is -2.11. The lowest BCUT2D eigenvalue weighted by atomic mass is 10.1. The molecule has 1 atom stereocenters. The van der Waals surface area contributed by atoms with Gasteiger partial charge in [0.1, 0.15) is 0 Å². The standard InChI is InChI=1S/C17H22N4O3S/c1-11-5-6-13(8-12(11)2)18-15(22)10-25-17-20-19-16(23)21(17)9-14-4-3-7-24-14/h5-6,8,14H,3-4,7,9-10H2,1-2H3,(H,18,22)(H,19,23)/t14-/m1/s1.